The van der Waals surface area contributed by atoms with E-state index in [-0.39, 0.29) is 0 Å². The van der Waals surface area contributed by atoms with Gasteiger partial charge < -0.3 is 14.7 Å². The molecule has 0 amide bonds. The Morgan fingerprint density at radius 2 is 1.72 bits per heavy atom. The maximum absolute atomic E-state index is 4.64. The SMILES string of the molecule is Cc1cc2c(N3CCN(c4ccc5ncnc(N(C)C)c5c4)CC3)nccn2n1. The summed E-state index contributed by atoms with van der Waals surface area (Å²) in [5.41, 5.74) is 4.25. The number of piperazine rings is 1. The number of hydrogen-bond acceptors (Lipinski definition) is 7. The molecule has 1 fully saturated rings. The fourth-order valence-corrected chi connectivity index (χ4v) is 4.03. The van der Waals surface area contributed by atoms with Crippen molar-refractivity contribution in [3.63, 3.8) is 0 Å². The summed E-state index contributed by atoms with van der Waals surface area (Å²) in [7, 11) is 4.03. The van der Waals surface area contributed by atoms with Crippen molar-refractivity contribution >= 4 is 33.7 Å². The zero-order chi connectivity index (χ0) is 20.0. The van der Waals surface area contributed by atoms with E-state index in [2.05, 4.69) is 54.1 Å². The van der Waals surface area contributed by atoms with Crippen LogP contribution in [0.15, 0.2) is 43.0 Å². The molecule has 4 heterocycles. The average Bonchev–Trinajstić information content (AvgIpc) is 3.13. The Bertz CT molecular complexity index is 1170. The molecule has 1 aromatic carbocycles. The van der Waals surface area contributed by atoms with Gasteiger partial charge in [-0.15, -0.1) is 0 Å². The third kappa shape index (κ3) is 3.10. The van der Waals surface area contributed by atoms with Gasteiger partial charge in [-0.2, -0.15) is 5.10 Å². The Balaban J connectivity index is 1.40. The summed E-state index contributed by atoms with van der Waals surface area (Å²) in [5.74, 6) is 1.96. The van der Waals surface area contributed by atoms with Gasteiger partial charge in [0, 0.05) is 63.7 Å². The van der Waals surface area contributed by atoms with Crippen molar-refractivity contribution in [2.75, 3.05) is 55.0 Å². The lowest BCUT2D eigenvalue weighted by molar-refractivity contribution is 0.648. The molecule has 1 aliphatic rings. The standard InChI is InChI=1S/C21H24N8/c1-15-12-19-21(22-6-7-29(19)25-15)28-10-8-27(9-11-28)16-4-5-18-17(13-16)20(26(2)3)24-14-23-18/h4-7,12-14H,8-11H2,1-3H3. The molecule has 0 bridgehead atoms. The van der Waals surface area contributed by atoms with E-state index in [1.54, 1.807) is 6.33 Å². The molecule has 8 heteroatoms. The lowest BCUT2D eigenvalue weighted by Gasteiger charge is -2.37. The van der Waals surface area contributed by atoms with Crippen LogP contribution in [0.3, 0.4) is 0 Å². The highest BCUT2D eigenvalue weighted by molar-refractivity contribution is 5.91. The maximum Gasteiger partial charge on any atom is 0.154 e. The van der Waals surface area contributed by atoms with Crippen LogP contribution in [-0.4, -0.2) is 64.8 Å². The summed E-state index contributed by atoms with van der Waals surface area (Å²) in [6.45, 7) is 5.72. The van der Waals surface area contributed by atoms with Crippen molar-refractivity contribution in [2.45, 2.75) is 6.92 Å². The number of rotatable bonds is 3. The van der Waals surface area contributed by atoms with Crippen LogP contribution >= 0.6 is 0 Å². The van der Waals surface area contributed by atoms with E-state index < -0.39 is 0 Å². The Morgan fingerprint density at radius 3 is 2.52 bits per heavy atom. The first kappa shape index (κ1) is 17.7. The molecular weight excluding hydrogens is 364 g/mol. The Kier molecular flexibility index (Phi) is 4.19. The largest absolute Gasteiger partial charge is 0.368 e. The van der Waals surface area contributed by atoms with E-state index in [9.17, 15) is 0 Å². The van der Waals surface area contributed by atoms with Crippen LogP contribution in [0.1, 0.15) is 5.69 Å². The van der Waals surface area contributed by atoms with Crippen LogP contribution in [0.4, 0.5) is 17.3 Å². The molecule has 148 valence electrons. The topological polar surface area (TPSA) is 65.7 Å². The van der Waals surface area contributed by atoms with Crippen molar-refractivity contribution < 1.29 is 0 Å². The van der Waals surface area contributed by atoms with Crippen molar-refractivity contribution in [3.05, 3.63) is 48.7 Å². The number of fused-ring (bicyclic) bond motifs is 2. The van der Waals surface area contributed by atoms with E-state index in [1.807, 2.05) is 42.8 Å². The van der Waals surface area contributed by atoms with Gasteiger partial charge in [-0.3, -0.25) is 0 Å². The number of hydrogen-bond donors (Lipinski definition) is 0. The predicted molar refractivity (Wildman–Crippen MR) is 116 cm³/mol. The van der Waals surface area contributed by atoms with Crippen molar-refractivity contribution in [2.24, 2.45) is 0 Å². The van der Waals surface area contributed by atoms with Crippen LogP contribution < -0.4 is 14.7 Å². The molecule has 1 saturated heterocycles. The molecule has 1 aliphatic heterocycles. The quantitative estimate of drug-likeness (QED) is 0.534. The molecule has 3 aromatic heterocycles. The number of aryl methyl sites for hydroxylation is 1. The van der Waals surface area contributed by atoms with Crippen LogP contribution in [0.25, 0.3) is 16.4 Å². The first-order valence-electron chi connectivity index (χ1n) is 9.83. The van der Waals surface area contributed by atoms with Crippen molar-refractivity contribution in [1.29, 1.82) is 0 Å². The molecule has 5 rings (SSSR count). The second kappa shape index (κ2) is 6.88. The Hall–Kier alpha value is -3.42. The highest BCUT2D eigenvalue weighted by atomic mass is 15.3. The third-order valence-electron chi connectivity index (χ3n) is 5.46. The highest BCUT2D eigenvalue weighted by Crippen LogP contribution is 2.28. The normalized spacial score (nSPS) is 14.7. The molecule has 0 radical (unpaired) electrons. The molecule has 0 atom stereocenters. The molecule has 4 aromatic rings. The molecule has 0 unspecified atom stereocenters. The van der Waals surface area contributed by atoms with Gasteiger partial charge in [-0.25, -0.2) is 19.5 Å². The first-order chi connectivity index (χ1) is 14.1. The number of nitrogens with zero attached hydrogens (tertiary/aromatic N) is 8. The molecule has 0 N–H and O–H groups in total. The van der Waals surface area contributed by atoms with Crippen molar-refractivity contribution in [1.82, 2.24) is 24.6 Å². The maximum atomic E-state index is 4.64. The third-order valence-corrected chi connectivity index (χ3v) is 5.46. The zero-order valence-electron chi connectivity index (χ0n) is 16.9. The van der Waals surface area contributed by atoms with Gasteiger partial charge in [0.2, 0.25) is 0 Å². The predicted octanol–water partition coefficient (Wildman–Crippen LogP) is 2.37. The van der Waals surface area contributed by atoms with E-state index in [0.29, 0.717) is 0 Å². The summed E-state index contributed by atoms with van der Waals surface area (Å²) in [6, 6.07) is 8.55. The fraction of sp³-hybridized carbons (Fsp3) is 0.333. The van der Waals surface area contributed by atoms with Crippen LogP contribution in [-0.2, 0) is 0 Å². The lowest BCUT2D eigenvalue weighted by atomic mass is 10.1. The highest BCUT2D eigenvalue weighted by Gasteiger charge is 2.21. The van der Waals surface area contributed by atoms with E-state index in [4.69, 9.17) is 0 Å². The van der Waals surface area contributed by atoms with Crippen LogP contribution in [0.5, 0.6) is 0 Å². The van der Waals surface area contributed by atoms with Gasteiger partial charge in [0.1, 0.15) is 17.7 Å². The smallest absolute Gasteiger partial charge is 0.154 e. The molecule has 29 heavy (non-hydrogen) atoms. The van der Waals surface area contributed by atoms with E-state index in [1.165, 1.54) is 5.69 Å². The van der Waals surface area contributed by atoms with Gasteiger partial charge in [-0.05, 0) is 31.2 Å². The molecule has 8 nitrogen and oxygen atoms in total. The summed E-state index contributed by atoms with van der Waals surface area (Å²) >= 11 is 0. The van der Waals surface area contributed by atoms with Crippen LogP contribution in [0, 0.1) is 6.92 Å². The fourth-order valence-electron chi connectivity index (χ4n) is 4.03. The summed E-state index contributed by atoms with van der Waals surface area (Å²) in [5, 5.41) is 5.59. The minimum absolute atomic E-state index is 0.917. The van der Waals surface area contributed by atoms with Gasteiger partial charge in [0.15, 0.2) is 5.82 Å². The summed E-state index contributed by atoms with van der Waals surface area (Å²) < 4.78 is 1.91. The van der Waals surface area contributed by atoms with Gasteiger partial charge >= 0.3 is 0 Å². The number of anilines is 3. The zero-order valence-corrected chi connectivity index (χ0v) is 16.9. The Morgan fingerprint density at radius 1 is 0.931 bits per heavy atom. The second-order valence-electron chi connectivity index (χ2n) is 7.63. The van der Waals surface area contributed by atoms with Crippen LogP contribution in [0.2, 0.25) is 0 Å². The Labute approximate surface area is 169 Å². The van der Waals surface area contributed by atoms with E-state index in [0.717, 1.165) is 59.9 Å². The van der Waals surface area contributed by atoms with Gasteiger partial charge in [-0.1, -0.05) is 0 Å². The molecular formula is C21H24N8. The lowest BCUT2D eigenvalue weighted by Crippen LogP contribution is -2.47. The number of benzene rings is 1. The first-order valence-corrected chi connectivity index (χ1v) is 9.83. The second-order valence-corrected chi connectivity index (χ2v) is 7.63. The molecule has 0 spiro atoms. The summed E-state index contributed by atoms with van der Waals surface area (Å²) in [4.78, 5) is 20.3. The van der Waals surface area contributed by atoms with Gasteiger partial charge in [0.25, 0.3) is 0 Å². The molecule has 0 aliphatic carbocycles. The monoisotopic (exact) mass is 388 g/mol. The minimum atomic E-state index is 0.917. The average molecular weight is 388 g/mol. The van der Waals surface area contributed by atoms with Crippen molar-refractivity contribution in [3.8, 4) is 0 Å². The summed E-state index contributed by atoms with van der Waals surface area (Å²) in [6.07, 6.45) is 5.36. The molecule has 0 saturated carbocycles. The minimum Gasteiger partial charge on any atom is -0.368 e. The van der Waals surface area contributed by atoms with E-state index >= 15 is 0 Å². The van der Waals surface area contributed by atoms with Gasteiger partial charge in [0.05, 0.1) is 11.2 Å². The number of aromatic nitrogens is 5.